The van der Waals surface area contributed by atoms with E-state index in [2.05, 4.69) is 15.5 Å². The first-order valence-corrected chi connectivity index (χ1v) is 7.41. The van der Waals surface area contributed by atoms with Gasteiger partial charge in [0.25, 0.3) is 0 Å². The van der Waals surface area contributed by atoms with Crippen LogP contribution in [-0.4, -0.2) is 53.7 Å². The Labute approximate surface area is 123 Å². The highest BCUT2D eigenvalue weighted by molar-refractivity contribution is 5.96. The molecule has 0 saturated carbocycles. The molecule has 1 atom stereocenters. The highest BCUT2D eigenvalue weighted by Crippen LogP contribution is 2.36. The van der Waals surface area contributed by atoms with Gasteiger partial charge in [0, 0.05) is 39.1 Å². The molecule has 0 radical (unpaired) electrons. The molecular formula is C15H21N3O3. The van der Waals surface area contributed by atoms with Crippen LogP contribution in [0.1, 0.15) is 23.7 Å². The third-order valence-corrected chi connectivity index (χ3v) is 4.19. The number of carbonyl (C=O) groups is 1. The number of rotatable bonds is 3. The minimum Gasteiger partial charge on any atom is -0.506 e. The van der Waals surface area contributed by atoms with Crippen LogP contribution < -0.4 is 10.6 Å². The number of phenolic OH excluding ortho intramolecular Hbond substituents is 1. The van der Waals surface area contributed by atoms with Gasteiger partial charge in [-0.05, 0) is 23.6 Å². The van der Waals surface area contributed by atoms with Crippen molar-refractivity contribution in [3.63, 3.8) is 0 Å². The molecule has 1 saturated heterocycles. The first kappa shape index (κ1) is 14.3. The van der Waals surface area contributed by atoms with Crippen molar-refractivity contribution < 1.29 is 15.0 Å². The summed E-state index contributed by atoms with van der Waals surface area (Å²) in [5.41, 5.74) is 2.13. The zero-order valence-corrected chi connectivity index (χ0v) is 11.9. The van der Waals surface area contributed by atoms with Crippen LogP contribution in [0, 0.1) is 0 Å². The maximum Gasteiger partial charge on any atom is 0.224 e. The number of carbonyl (C=O) groups excluding carboxylic acids is 1. The molecule has 0 aromatic heterocycles. The number of amides is 1. The van der Waals surface area contributed by atoms with E-state index in [1.54, 1.807) is 12.1 Å². The highest BCUT2D eigenvalue weighted by Gasteiger charge is 2.25. The summed E-state index contributed by atoms with van der Waals surface area (Å²) in [7, 11) is 0. The maximum absolute atomic E-state index is 11.5. The quantitative estimate of drug-likeness (QED) is 0.599. The molecule has 1 fully saturated rings. The molecule has 2 aliphatic rings. The molecule has 2 heterocycles. The zero-order chi connectivity index (χ0) is 14.8. The van der Waals surface area contributed by atoms with Crippen LogP contribution in [0.2, 0.25) is 0 Å². The molecule has 0 bridgehead atoms. The Balaban J connectivity index is 1.81. The van der Waals surface area contributed by atoms with E-state index in [-0.39, 0.29) is 11.7 Å². The fraction of sp³-hybridized carbons (Fsp3) is 0.533. The molecule has 2 aliphatic heterocycles. The van der Waals surface area contributed by atoms with Crippen molar-refractivity contribution in [2.24, 2.45) is 0 Å². The number of nitrogens with zero attached hydrogens (tertiary/aromatic N) is 1. The van der Waals surface area contributed by atoms with E-state index in [4.69, 9.17) is 0 Å². The number of nitrogens with one attached hydrogen (secondary N) is 2. The van der Waals surface area contributed by atoms with E-state index in [1.165, 1.54) is 0 Å². The van der Waals surface area contributed by atoms with Crippen molar-refractivity contribution in [1.82, 2.24) is 10.2 Å². The predicted molar refractivity (Wildman–Crippen MR) is 79.3 cm³/mol. The smallest absolute Gasteiger partial charge is 0.224 e. The number of anilines is 1. The van der Waals surface area contributed by atoms with Gasteiger partial charge in [0.05, 0.1) is 11.8 Å². The molecule has 4 N–H and O–H groups in total. The van der Waals surface area contributed by atoms with Crippen LogP contribution in [0.5, 0.6) is 5.75 Å². The number of benzene rings is 1. The molecule has 21 heavy (non-hydrogen) atoms. The van der Waals surface area contributed by atoms with Crippen LogP contribution in [0.3, 0.4) is 0 Å². The second-order valence-electron chi connectivity index (χ2n) is 5.64. The van der Waals surface area contributed by atoms with Gasteiger partial charge < -0.3 is 20.8 Å². The lowest BCUT2D eigenvalue weighted by molar-refractivity contribution is -0.116. The average Bonchev–Trinajstić information content (AvgIpc) is 2.49. The van der Waals surface area contributed by atoms with Crippen molar-refractivity contribution >= 4 is 11.6 Å². The lowest BCUT2D eigenvalue weighted by Gasteiger charge is -2.30. The second-order valence-corrected chi connectivity index (χ2v) is 5.64. The molecule has 0 spiro atoms. The Kier molecular flexibility index (Phi) is 4.10. The minimum absolute atomic E-state index is 0.0659. The zero-order valence-electron chi connectivity index (χ0n) is 11.9. The summed E-state index contributed by atoms with van der Waals surface area (Å²) in [6.45, 7) is 4.31. The minimum atomic E-state index is -0.604. The van der Waals surface area contributed by atoms with Crippen molar-refractivity contribution in [2.75, 3.05) is 38.0 Å². The number of aliphatic hydroxyl groups is 1. The average molecular weight is 291 g/mol. The number of piperazine rings is 1. The number of fused-ring (bicyclic) bond motifs is 1. The van der Waals surface area contributed by atoms with E-state index >= 15 is 0 Å². The van der Waals surface area contributed by atoms with E-state index in [0.29, 0.717) is 25.1 Å². The molecule has 1 amide bonds. The van der Waals surface area contributed by atoms with Crippen molar-refractivity contribution in [2.45, 2.75) is 18.9 Å². The van der Waals surface area contributed by atoms with Gasteiger partial charge in [-0.25, -0.2) is 0 Å². The molecular weight excluding hydrogens is 270 g/mol. The highest BCUT2D eigenvalue weighted by atomic mass is 16.3. The van der Waals surface area contributed by atoms with Gasteiger partial charge in [0.2, 0.25) is 5.91 Å². The van der Waals surface area contributed by atoms with Crippen LogP contribution in [0.15, 0.2) is 12.1 Å². The van der Waals surface area contributed by atoms with E-state index in [0.717, 1.165) is 37.3 Å². The Morgan fingerprint density at radius 3 is 2.76 bits per heavy atom. The fourth-order valence-corrected chi connectivity index (χ4v) is 3.05. The summed E-state index contributed by atoms with van der Waals surface area (Å²) in [5, 5.41) is 26.4. The van der Waals surface area contributed by atoms with Crippen LogP contribution >= 0.6 is 0 Å². The van der Waals surface area contributed by atoms with Gasteiger partial charge in [0.1, 0.15) is 5.75 Å². The van der Waals surface area contributed by atoms with Crippen molar-refractivity contribution in [3.8, 4) is 5.75 Å². The van der Waals surface area contributed by atoms with Gasteiger partial charge in [-0.15, -0.1) is 0 Å². The number of hydrogen-bond donors (Lipinski definition) is 4. The van der Waals surface area contributed by atoms with Gasteiger partial charge in [-0.2, -0.15) is 0 Å². The maximum atomic E-state index is 11.5. The first-order valence-electron chi connectivity index (χ1n) is 7.41. The third kappa shape index (κ3) is 3.02. The van der Waals surface area contributed by atoms with E-state index < -0.39 is 6.10 Å². The van der Waals surface area contributed by atoms with Crippen LogP contribution in [-0.2, 0) is 11.2 Å². The Morgan fingerprint density at radius 2 is 2.00 bits per heavy atom. The number of phenols is 1. The standard InChI is InChI=1S/C15H21N3O3/c19-12-3-1-10(11-2-4-14(21)17-15(11)12)13(20)9-18-7-5-16-6-8-18/h1,3,13,16,19-20H,2,4-9H2,(H,17,21). The van der Waals surface area contributed by atoms with Crippen LogP contribution in [0.4, 0.5) is 5.69 Å². The molecule has 0 aliphatic carbocycles. The second kappa shape index (κ2) is 6.01. The number of β-amino-alcohol motifs (C(OH)–C–C–N with tert-alkyl or cyclic N) is 1. The van der Waals surface area contributed by atoms with Gasteiger partial charge >= 0.3 is 0 Å². The van der Waals surface area contributed by atoms with Crippen molar-refractivity contribution in [3.05, 3.63) is 23.3 Å². The van der Waals surface area contributed by atoms with Gasteiger partial charge in [-0.1, -0.05) is 6.07 Å². The number of aliphatic hydroxyl groups excluding tert-OH is 1. The van der Waals surface area contributed by atoms with Gasteiger partial charge in [0.15, 0.2) is 0 Å². The Hall–Kier alpha value is -1.63. The summed E-state index contributed by atoms with van der Waals surface area (Å²) in [4.78, 5) is 13.7. The molecule has 3 rings (SSSR count). The molecule has 1 unspecified atom stereocenters. The topological polar surface area (TPSA) is 84.8 Å². The Bertz CT molecular complexity index is 541. The van der Waals surface area contributed by atoms with Crippen molar-refractivity contribution in [1.29, 1.82) is 0 Å². The van der Waals surface area contributed by atoms with E-state index in [1.807, 2.05) is 0 Å². The van der Waals surface area contributed by atoms with E-state index in [9.17, 15) is 15.0 Å². The largest absolute Gasteiger partial charge is 0.506 e. The number of hydrogen-bond acceptors (Lipinski definition) is 5. The Morgan fingerprint density at radius 1 is 1.24 bits per heavy atom. The lowest BCUT2D eigenvalue weighted by Crippen LogP contribution is -2.45. The summed E-state index contributed by atoms with van der Waals surface area (Å²) in [6, 6.07) is 3.30. The predicted octanol–water partition coefficient (Wildman–Crippen LogP) is 0.215. The fourth-order valence-electron chi connectivity index (χ4n) is 3.05. The SMILES string of the molecule is O=C1CCc2c(C(O)CN3CCNCC3)ccc(O)c2N1. The summed E-state index contributed by atoms with van der Waals surface area (Å²) < 4.78 is 0. The van der Waals surface area contributed by atoms with Crippen LogP contribution in [0.25, 0.3) is 0 Å². The summed E-state index contributed by atoms with van der Waals surface area (Å²) in [5.74, 6) is -0.0253. The molecule has 114 valence electrons. The molecule has 6 nitrogen and oxygen atoms in total. The molecule has 1 aromatic carbocycles. The third-order valence-electron chi connectivity index (χ3n) is 4.19. The lowest BCUT2D eigenvalue weighted by atomic mass is 9.93. The first-order chi connectivity index (χ1) is 10.1. The summed E-state index contributed by atoms with van der Waals surface area (Å²) in [6.07, 6.45) is 0.347. The molecule has 6 heteroatoms. The summed E-state index contributed by atoms with van der Waals surface area (Å²) >= 11 is 0. The molecule has 1 aromatic rings. The number of aromatic hydroxyl groups is 1. The van der Waals surface area contributed by atoms with Gasteiger partial charge in [-0.3, -0.25) is 9.69 Å². The normalized spacial score (nSPS) is 20.7. The monoisotopic (exact) mass is 291 g/mol.